The van der Waals surface area contributed by atoms with Gasteiger partial charge < -0.3 is 15.2 Å². The van der Waals surface area contributed by atoms with Crippen molar-refractivity contribution >= 4 is 0 Å². The van der Waals surface area contributed by atoms with Crippen LogP contribution in [-0.4, -0.2) is 12.2 Å². The van der Waals surface area contributed by atoms with Gasteiger partial charge in [-0.25, -0.2) is 0 Å². The van der Waals surface area contributed by atoms with Crippen LogP contribution in [0.5, 0.6) is 11.5 Å². The van der Waals surface area contributed by atoms with Crippen molar-refractivity contribution in [2.24, 2.45) is 5.73 Å². The summed E-state index contributed by atoms with van der Waals surface area (Å²) in [5.74, 6) is 1.80. The van der Waals surface area contributed by atoms with Crippen molar-refractivity contribution < 1.29 is 9.47 Å². The molecule has 0 amide bonds. The van der Waals surface area contributed by atoms with Gasteiger partial charge in [0.25, 0.3) is 0 Å². The highest BCUT2D eigenvalue weighted by molar-refractivity contribution is 5.46. The summed E-state index contributed by atoms with van der Waals surface area (Å²) in [6.07, 6.45) is 6.97. The van der Waals surface area contributed by atoms with Gasteiger partial charge in [-0.1, -0.05) is 6.42 Å². The normalized spacial score (nSPS) is 27.8. The molecule has 1 unspecified atom stereocenters. The molecular formula is C17H25NO2. The van der Waals surface area contributed by atoms with Crippen LogP contribution in [0.2, 0.25) is 0 Å². The standard InChI is InChI=1S/C17H25NO2/c1-3-19-13-7-8-14-15(11-13)20-17(12-16(14,2)18)9-5-4-6-10-17/h7-8,11H,3-6,9-10,12,18H2,1-2H3. The van der Waals surface area contributed by atoms with E-state index in [-0.39, 0.29) is 11.1 Å². The van der Waals surface area contributed by atoms with Crippen LogP contribution < -0.4 is 15.2 Å². The smallest absolute Gasteiger partial charge is 0.128 e. The van der Waals surface area contributed by atoms with Crippen molar-refractivity contribution in [2.45, 2.75) is 63.5 Å². The van der Waals surface area contributed by atoms with Crippen molar-refractivity contribution in [3.8, 4) is 11.5 Å². The summed E-state index contributed by atoms with van der Waals surface area (Å²) in [6, 6.07) is 6.07. The number of rotatable bonds is 2. The Kier molecular flexibility index (Phi) is 3.41. The molecule has 1 spiro atoms. The maximum atomic E-state index is 6.60. The van der Waals surface area contributed by atoms with E-state index in [0.717, 1.165) is 36.3 Å². The second kappa shape index (κ2) is 4.96. The molecule has 1 aliphatic heterocycles. The van der Waals surface area contributed by atoms with Gasteiger partial charge in [-0.05, 0) is 51.7 Å². The Balaban J connectivity index is 1.97. The molecule has 0 saturated heterocycles. The van der Waals surface area contributed by atoms with Crippen LogP contribution in [0.4, 0.5) is 0 Å². The number of hydrogen-bond acceptors (Lipinski definition) is 3. The van der Waals surface area contributed by atoms with Gasteiger partial charge in [-0.3, -0.25) is 0 Å². The molecule has 110 valence electrons. The number of nitrogens with two attached hydrogens (primary N) is 1. The lowest BCUT2D eigenvalue weighted by atomic mass is 9.72. The minimum Gasteiger partial charge on any atom is -0.494 e. The van der Waals surface area contributed by atoms with Crippen molar-refractivity contribution in [1.82, 2.24) is 0 Å². The van der Waals surface area contributed by atoms with Crippen molar-refractivity contribution in [2.75, 3.05) is 6.61 Å². The van der Waals surface area contributed by atoms with Gasteiger partial charge in [0.15, 0.2) is 0 Å². The van der Waals surface area contributed by atoms with Crippen LogP contribution in [0.1, 0.15) is 57.9 Å². The van der Waals surface area contributed by atoms with Crippen molar-refractivity contribution in [3.63, 3.8) is 0 Å². The van der Waals surface area contributed by atoms with Crippen LogP contribution >= 0.6 is 0 Å². The molecule has 1 aromatic carbocycles. The Morgan fingerprint density at radius 3 is 2.70 bits per heavy atom. The molecule has 1 saturated carbocycles. The van der Waals surface area contributed by atoms with Gasteiger partial charge in [0.05, 0.1) is 6.61 Å². The Morgan fingerprint density at radius 1 is 1.25 bits per heavy atom. The van der Waals surface area contributed by atoms with Crippen molar-refractivity contribution in [1.29, 1.82) is 0 Å². The third kappa shape index (κ3) is 2.39. The fourth-order valence-corrected chi connectivity index (χ4v) is 3.82. The van der Waals surface area contributed by atoms with E-state index in [1.807, 2.05) is 19.1 Å². The van der Waals surface area contributed by atoms with E-state index in [0.29, 0.717) is 6.61 Å². The quantitative estimate of drug-likeness (QED) is 0.894. The number of hydrogen-bond donors (Lipinski definition) is 1. The minimum absolute atomic E-state index is 0.0560. The van der Waals surface area contributed by atoms with Crippen LogP contribution in [0.15, 0.2) is 18.2 Å². The van der Waals surface area contributed by atoms with E-state index in [4.69, 9.17) is 15.2 Å². The Morgan fingerprint density at radius 2 is 2.00 bits per heavy atom. The first-order valence-corrected chi connectivity index (χ1v) is 7.80. The summed E-state index contributed by atoms with van der Waals surface area (Å²) >= 11 is 0. The zero-order valence-corrected chi connectivity index (χ0v) is 12.6. The molecule has 1 heterocycles. The Bertz CT molecular complexity index is 490. The van der Waals surface area contributed by atoms with Crippen LogP contribution in [-0.2, 0) is 5.54 Å². The van der Waals surface area contributed by atoms with E-state index in [1.165, 1.54) is 19.3 Å². The highest BCUT2D eigenvalue weighted by Gasteiger charge is 2.45. The molecule has 1 aromatic rings. The molecular weight excluding hydrogens is 250 g/mol. The average Bonchev–Trinajstić information content (AvgIpc) is 2.38. The molecule has 2 N–H and O–H groups in total. The highest BCUT2D eigenvalue weighted by atomic mass is 16.5. The fraction of sp³-hybridized carbons (Fsp3) is 0.647. The van der Waals surface area contributed by atoms with E-state index >= 15 is 0 Å². The lowest BCUT2D eigenvalue weighted by molar-refractivity contribution is -0.0148. The van der Waals surface area contributed by atoms with E-state index < -0.39 is 0 Å². The zero-order valence-electron chi connectivity index (χ0n) is 12.6. The van der Waals surface area contributed by atoms with Gasteiger partial charge in [-0.2, -0.15) is 0 Å². The van der Waals surface area contributed by atoms with Gasteiger partial charge >= 0.3 is 0 Å². The number of ether oxygens (including phenoxy) is 2. The highest BCUT2D eigenvalue weighted by Crippen LogP contribution is 2.48. The first-order valence-electron chi connectivity index (χ1n) is 7.80. The SMILES string of the molecule is CCOc1ccc2c(c1)OC1(CCCCC1)CC2(C)N. The topological polar surface area (TPSA) is 44.5 Å². The Hall–Kier alpha value is -1.22. The van der Waals surface area contributed by atoms with Gasteiger partial charge in [0.1, 0.15) is 17.1 Å². The average molecular weight is 275 g/mol. The molecule has 1 fully saturated rings. The van der Waals surface area contributed by atoms with E-state index in [2.05, 4.69) is 13.0 Å². The molecule has 0 radical (unpaired) electrons. The van der Waals surface area contributed by atoms with Gasteiger partial charge in [0, 0.05) is 23.6 Å². The lowest BCUT2D eigenvalue weighted by Gasteiger charge is -2.47. The minimum atomic E-state index is -0.310. The molecule has 3 heteroatoms. The summed E-state index contributed by atoms with van der Waals surface area (Å²) in [5, 5.41) is 0. The second-order valence-corrected chi connectivity index (χ2v) is 6.53. The summed E-state index contributed by atoms with van der Waals surface area (Å²) in [5.41, 5.74) is 7.34. The largest absolute Gasteiger partial charge is 0.494 e. The third-order valence-electron chi connectivity index (χ3n) is 4.66. The summed E-state index contributed by atoms with van der Waals surface area (Å²) in [4.78, 5) is 0. The predicted molar refractivity (Wildman–Crippen MR) is 80.2 cm³/mol. The molecule has 2 aliphatic rings. The monoisotopic (exact) mass is 275 g/mol. The third-order valence-corrected chi connectivity index (χ3v) is 4.66. The van der Waals surface area contributed by atoms with Gasteiger partial charge in [-0.15, -0.1) is 0 Å². The first kappa shape index (κ1) is 13.7. The van der Waals surface area contributed by atoms with Crippen LogP contribution in [0.25, 0.3) is 0 Å². The zero-order chi connectivity index (χ0) is 14.2. The number of fused-ring (bicyclic) bond motifs is 1. The number of benzene rings is 1. The first-order chi connectivity index (χ1) is 9.55. The van der Waals surface area contributed by atoms with Crippen LogP contribution in [0.3, 0.4) is 0 Å². The molecule has 0 bridgehead atoms. The summed E-state index contributed by atoms with van der Waals surface area (Å²) in [6.45, 7) is 4.80. The van der Waals surface area contributed by atoms with Crippen LogP contribution in [0, 0.1) is 0 Å². The maximum absolute atomic E-state index is 6.60. The lowest BCUT2D eigenvalue weighted by Crippen LogP contribution is -2.51. The molecule has 1 atom stereocenters. The second-order valence-electron chi connectivity index (χ2n) is 6.53. The summed E-state index contributed by atoms with van der Waals surface area (Å²) in [7, 11) is 0. The van der Waals surface area contributed by atoms with E-state index in [1.54, 1.807) is 0 Å². The summed E-state index contributed by atoms with van der Waals surface area (Å²) < 4.78 is 12.0. The molecule has 0 aromatic heterocycles. The maximum Gasteiger partial charge on any atom is 0.128 e. The molecule has 3 nitrogen and oxygen atoms in total. The molecule has 1 aliphatic carbocycles. The van der Waals surface area contributed by atoms with E-state index in [9.17, 15) is 0 Å². The Labute approximate surface area is 121 Å². The molecule has 20 heavy (non-hydrogen) atoms. The predicted octanol–water partition coefficient (Wildman–Crippen LogP) is 3.74. The molecule has 3 rings (SSSR count). The fourth-order valence-electron chi connectivity index (χ4n) is 3.82. The van der Waals surface area contributed by atoms with Gasteiger partial charge in [0.2, 0.25) is 0 Å². The van der Waals surface area contributed by atoms with Crippen molar-refractivity contribution in [3.05, 3.63) is 23.8 Å².